The zero-order chi connectivity index (χ0) is 16.0. The Morgan fingerprint density at radius 2 is 1.62 bits per heavy atom. The Bertz CT molecular complexity index is 569. The lowest BCUT2D eigenvalue weighted by molar-refractivity contribution is 0.390. The number of rotatable bonds is 8. The number of unbranched alkanes of at least 4 members (excludes halogenated alkanes) is 2. The van der Waals surface area contributed by atoms with E-state index in [1.807, 2.05) is 13.8 Å². The van der Waals surface area contributed by atoms with E-state index in [1.165, 1.54) is 4.31 Å². The molecule has 4 nitrogen and oxygen atoms in total. The Labute approximate surface area is 125 Å². The summed E-state index contributed by atoms with van der Waals surface area (Å²) < 4.78 is 53.5. The summed E-state index contributed by atoms with van der Waals surface area (Å²) >= 11 is 0. The van der Waals surface area contributed by atoms with Crippen molar-refractivity contribution in [1.82, 2.24) is 4.31 Å². The normalized spacial score (nSPS) is 12.0. The number of nitrogens with two attached hydrogens (primary N) is 1. The van der Waals surface area contributed by atoms with E-state index in [-0.39, 0.29) is 18.8 Å². The minimum atomic E-state index is -4.08. The van der Waals surface area contributed by atoms with Crippen molar-refractivity contribution in [3.63, 3.8) is 0 Å². The Balaban J connectivity index is 3.21. The smallest absolute Gasteiger partial charge is 0.246 e. The fraction of sp³-hybridized carbons (Fsp3) is 0.571. The molecule has 0 atom stereocenters. The predicted molar refractivity (Wildman–Crippen MR) is 79.3 cm³/mol. The van der Waals surface area contributed by atoms with Crippen LogP contribution in [0.15, 0.2) is 17.0 Å². The maximum atomic E-state index is 13.8. The summed E-state index contributed by atoms with van der Waals surface area (Å²) in [5, 5.41) is 0. The van der Waals surface area contributed by atoms with Crippen LogP contribution in [0.3, 0.4) is 0 Å². The van der Waals surface area contributed by atoms with Crippen LogP contribution < -0.4 is 5.73 Å². The molecule has 2 N–H and O–H groups in total. The molecular formula is C14H22F2N2O2S. The molecule has 0 saturated heterocycles. The number of nitrogens with zero attached hydrogens (tertiary/aromatic N) is 1. The first-order valence-corrected chi connectivity index (χ1v) is 8.53. The summed E-state index contributed by atoms with van der Waals surface area (Å²) in [4.78, 5) is -0.688. The molecule has 0 unspecified atom stereocenters. The molecule has 7 heteroatoms. The minimum absolute atomic E-state index is 0.113. The van der Waals surface area contributed by atoms with Crippen LogP contribution in [-0.2, 0) is 10.0 Å². The van der Waals surface area contributed by atoms with E-state index in [2.05, 4.69) is 0 Å². The molecule has 0 bridgehead atoms. The van der Waals surface area contributed by atoms with E-state index >= 15 is 0 Å². The van der Waals surface area contributed by atoms with Crippen molar-refractivity contribution in [3.05, 3.63) is 23.8 Å². The maximum Gasteiger partial charge on any atom is 0.246 e. The van der Waals surface area contributed by atoms with Crippen LogP contribution in [0, 0.1) is 11.6 Å². The number of hydrogen-bond donors (Lipinski definition) is 1. The molecule has 0 aliphatic heterocycles. The molecule has 1 aromatic rings. The summed E-state index contributed by atoms with van der Waals surface area (Å²) in [6.07, 6.45) is 2.95. The van der Waals surface area contributed by atoms with Gasteiger partial charge < -0.3 is 5.73 Å². The molecule has 0 saturated carbocycles. The van der Waals surface area contributed by atoms with E-state index in [0.29, 0.717) is 12.8 Å². The Morgan fingerprint density at radius 3 is 2.10 bits per heavy atom. The third kappa shape index (κ3) is 4.38. The highest BCUT2D eigenvalue weighted by molar-refractivity contribution is 7.89. The van der Waals surface area contributed by atoms with Crippen LogP contribution in [0.2, 0.25) is 0 Å². The van der Waals surface area contributed by atoms with Gasteiger partial charge in [0.1, 0.15) is 4.90 Å². The minimum Gasteiger partial charge on any atom is -0.399 e. The molecule has 120 valence electrons. The monoisotopic (exact) mass is 320 g/mol. The summed E-state index contributed by atoms with van der Waals surface area (Å²) in [5.74, 6) is -2.62. The Hall–Kier alpha value is -1.21. The standard InChI is InChI=1S/C14H22F2N2O2S/c1-3-5-7-18(8-6-4-2)21(19,20)13-10-11(17)9-12(15)14(13)16/h9-10H,3-8,17H2,1-2H3. The van der Waals surface area contributed by atoms with E-state index in [4.69, 9.17) is 5.73 Å². The Morgan fingerprint density at radius 1 is 1.10 bits per heavy atom. The lowest BCUT2D eigenvalue weighted by atomic mass is 10.3. The molecule has 0 fully saturated rings. The molecule has 0 radical (unpaired) electrons. The van der Waals surface area contributed by atoms with Crippen molar-refractivity contribution >= 4 is 15.7 Å². The maximum absolute atomic E-state index is 13.8. The highest BCUT2D eigenvalue weighted by Gasteiger charge is 2.28. The summed E-state index contributed by atoms with van der Waals surface area (Å²) in [7, 11) is -4.08. The number of benzene rings is 1. The van der Waals surface area contributed by atoms with Crippen molar-refractivity contribution in [2.75, 3.05) is 18.8 Å². The number of anilines is 1. The fourth-order valence-corrected chi connectivity index (χ4v) is 3.56. The second-order valence-electron chi connectivity index (χ2n) is 4.93. The van der Waals surface area contributed by atoms with Gasteiger partial charge in [-0.15, -0.1) is 0 Å². The first-order chi connectivity index (χ1) is 9.84. The molecule has 21 heavy (non-hydrogen) atoms. The molecule has 0 spiro atoms. The second-order valence-corrected chi connectivity index (χ2v) is 6.83. The van der Waals surface area contributed by atoms with Crippen molar-refractivity contribution in [2.45, 2.75) is 44.4 Å². The second kappa shape index (κ2) is 7.70. The van der Waals surface area contributed by atoms with Crippen LogP contribution in [-0.4, -0.2) is 25.8 Å². The van der Waals surface area contributed by atoms with Crippen molar-refractivity contribution in [3.8, 4) is 0 Å². The lowest BCUT2D eigenvalue weighted by Gasteiger charge is -2.22. The average molecular weight is 320 g/mol. The van der Waals surface area contributed by atoms with Gasteiger partial charge in [-0.1, -0.05) is 26.7 Å². The quantitative estimate of drug-likeness (QED) is 0.748. The molecule has 0 aliphatic rings. The molecule has 0 aliphatic carbocycles. The van der Waals surface area contributed by atoms with E-state index in [9.17, 15) is 17.2 Å². The van der Waals surface area contributed by atoms with E-state index in [1.54, 1.807) is 0 Å². The van der Waals surface area contributed by atoms with Gasteiger partial charge in [0.25, 0.3) is 0 Å². The van der Waals surface area contributed by atoms with Crippen LogP contribution in [0.25, 0.3) is 0 Å². The van der Waals surface area contributed by atoms with Gasteiger partial charge >= 0.3 is 0 Å². The average Bonchev–Trinajstić information content (AvgIpc) is 2.42. The third-order valence-electron chi connectivity index (χ3n) is 3.16. The lowest BCUT2D eigenvalue weighted by Crippen LogP contribution is -2.33. The summed E-state index contributed by atoms with van der Waals surface area (Å²) in [6, 6.07) is 1.75. The van der Waals surface area contributed by atoms with E-state index < -0.39 is 26.6 Å². The first kappa shape index (κ1) is 17.8. The van der Waals surface area contributed by atoms with Gasteiger partial charge in [0.15, 0.2) is 11.6 Å². The van der Waals surface area contributed by atoms with Crippen molar-refractivity contribution < 1.29 is 17.2 Å². The van der Waals surface area contributed by atoms with Crippen molar-refractivity contribution in [1.29, 1.82) is 0 Å². The zero-order valence-corrected chi connectivity index (χ0v) is 13.2. The van der Waals surface area contributed by atoms with Gasteiger partial charge in [-0.2, -0.15) is 4.31 Å². The van der Waals surface area contributed by atoms with Crippen LogP contribution in [0.1, 0.15) is 39.5 Å². The third-order valence-corrected chi connectivity index (χ3v) is 5.05. The van der Waals surface area contributed by atoms with Crippen molar-refractivity contribution in [2.24, 2.45) is 0 Å². The predicted octanol–water partition coefficient (Wildman–Crippen LogP) is 3.14. The van der Waals surface area contributed by atoms with Crippen LogP contribution in [0.5, 0.6) is 0 Å². The fourth-order valence-electron chi connectivity index (χ4n) is 1.93. The molecular weight excluding hydrogens is 298 g/mol. The molecule has 0 heterocycles. The Kier molecular flexibility index (Phi) is 6.54. The highest BCUT2D eigenvalue weighted by atomic mass is 32.2. The van der Waals surface area contributed by atoms with Gasteiger partial charge in [0.05, 0.1) is 0 Å². The molecule has 1 rings (SSSR count). The molecule has 1 aromatic carbocycles. The number of sulfonamides is 1. The summed E-state index contributed by atoms with van der Waals surface area (Å²) in [6.45, 7) is 4.44. The number of halogens is 2. The van der Waals surface area contributed by atoms with Gasteiger partial charge in [0.2, 0.25) is 10.0 Å². The van der Waals surface area contributed by atoms with Gasteiger partial charge in [-0.25, -0.2) is 17.2 Å². The zero-order valence-electron chi connectivity index (χ0n) is 12.4. The van der Waals surface area contributed by atoms with Gasteiger partial charge in [-0.3, -0.25) is 0 Å². The highest BCUT2D eigenvalue weighted by Crippen LogP contribution is 2.25. The first-order valence-electron chi connectivity index (χ1n) is 7.09. The topological polar surface area (TPSA) is 63.4 Å². The van der Waals surface area contributed by atoms with Gasteiger partial charge in [0, 0.05) is 18.8 Å². The molecule has 0 amide bonds. The summed E-state index contributed by atoms with van der Waals surface area (Å²) in [5.41, 5.74) is 5.32. The van der Waals surface area contributed by atoms with Crippen LogP contribution >= 0.6 is 0 Å². The molecule has 0 aromatic heterocycles. The van der Waals surface area contributed by atoms with Gasteiger partial charge in [-0.05, 0) is 25.0 Å². The van der Waals surface area contributed by atoms with E-state index in [0.717, 1.165) is 25.0 Å². The largest absolute Gasteiger partial charge is 0.399 e. The number of nitrogen functional groups attached to an aromatic ring is 1. The van der Waals surface area contributed by atoms with Crippen LogP contribution in [0.4, 0.5) is 14.5 Å². The number of hydrogen-bond acceptors (Lipinski definition) is 3. The SMILES string of the molecule is CCCCN(CCCC)S(=O)(=O)c1cc(N)cc(F)c1F.